The molecule has 134 valence electrons. The van der Waals surface area contributed by atoms with E-state index in [2.05, 4.69) is 15.3 Å². The van der Waals surface area contributed by atoms with Gasteiger partial charge < -0.3 is 10.1 Å². The van der Waals surface area contributed by atoms with E-state index in [-0.39, 0.29) is 12.5 Å². The van der Waals surface area contributed by atoms with Gasteiger partial charge in [0, 0.05) is 35.8 Å². The van der Waals surface area contributed by atoms with Crippen LogP contribution in [0.3, 0.4) is 0 Å². The van der Waals surface area contributed by atoms with Gasteiger partial charge in [-0.3, -0.25) is 9.78 Å². The van der Waals surface area contributed by atoms with Gasteiger partial charge in [-0.2, -0.15) is 0 Å². The summed E-state index contributed by atoms with van der Waals surface area (Å²) < 4.78 is 5.48. The third-order valence-electron chi connectivity index (χ3n) is 3.87. The van der Waals surface area contributed by atoms with Crippen LogP contribution < -0.4 is 10.1 Å². The molecule has 0 fully saturated rings. The summed E-state index contributed by atoms with van der Waals surface area (Å²) in [5.74, 6) is 0.574. The topological polar surface area (TPSA) is 64.1 Å². The van der Waals surface area contributed by atoms with Crippen LogP contribution in [0.5, 0.6) is 5.75 Å². The van der Waals surface area contributed by atoms with Crippen LogP contribution in [0, 0.1) is 13.8 Å². The fraction of sp³-hybridized carbons (Fsp3) is 0.250. The second-order valence-corrected chi connectivity index (χ2v) is 7.05. The first-order valence-electron chi connectivity index (χ1n) is 8.44. The molecule has 0 saturated carbocycles. The van der Waals surface area contributed by atoms with Crippen molar-refractivity contribution < 1.29 is 9.53 Å². The number of rotatable bonds is 7. The summed E-state index contributed by atoms with van der Waals surface area (Å²) in [6.45, 7) is 4.59. The first-order chi connectivity index (χ1) is 12.6. The molecule has 0 bridgehead atoms. The Morgan fingerprint density at radius 3 is 2.73 bits per heavy atom. The Hall–Kier alpha value is -2.73. The maximum absolute atomic E-state index is 11.9. The van der Waals surface area contributed by atoms with E-state index >= 15 is 0 Å². The molecule has 26 heavy (non-hydrogen) atoms. The first kappa shape index (κ1) is 18.1. The number of nitrogens with zero attached hydrogens (tertiary/aromatic N) is 2. The number of pyridine rings is 1. The molecule has 0 unspecified atom stereocenters. The Labute approximate surface area is 157 Å². The van der Waals surface area contributed by atoms with Crippen LogP contribution in [0.2, 0.25) is 0 Å². The summed E-state index contributed by atoms with van der Waals surface area (Å²) in [6.07, 6.45) is 4.31. The van der Waals surface area contributed by atoms with E-state index in [1.165, 1.54) is 4.88 Å². The number of carbonyl (C=O) groups is 1. The van der Waals surface area contributed by atoms with Crippen molar-refractivity contribution in [1.82, 2.24) is 15.3 Å². The summed E-state index contributed by atoms with van der Waals surface area (Å²) in [7, 11) is 0. The van der Waals surface area contributed by atoms with Gasteiger partial charge in [0.05, 0.1) is 5.69 Å². The average Bonchev–Trinajstić information content (AvgIpc) is 3.03. The number of amides is 1. The van der Waals surface area contributed by atoms with Crippen LogP contribution in [0.15, 0.2) is 48.8 Å². The Kier molecular flexibility index (Phi) is 5.96. The van der Waals surface area contributed by atoms with Crippen molar-refractivity contribution in [2.24, 2.45) is 0 Å². The number of hydrogen-bond donors (Lipinski definition) is 1. The molecule has 0 radical (unpaired) electrons. The minimum absolute atomic E-state index is 0.0195. The highest BCUT2D eigenvalue weighted by atomic mass is 32.1. The number of benzene rings is 1. The van der Waals surface area contributed by atoms with Crippen LogP contribution in [0.4, 0.5) is 0 Å². The van der Waals surface area contributed by atoms with Gasteiger partial charge in [0.2, 0.25) is 0 Å². The maximum atomic E-state index is 11.9. The van der Waals surface area contributed by atoms with Crippen molar-refractivity contribution in [3.63, 3.8) is 0 Å². The molecule has 5 nitrogen and oxygen atoms in total. The highest BCUT2D eigenvalue weighted by Crippen LogP contribution is 2.27. The second-order valence-electron chi connectivity index (χ2n) is 5.97. The third-order valence-corrected chi connectivity index (χ3v) is 5.13. The molecular formula is C20H21N3O2S. The number of carbonyl (C=O) groups excluding carboxylic acids is 1. The average molecular weight is 367 g/mol. The summed E-state index contributed by atoms with van der Waals surface area (Å²) in [4.78, 5) is 21.8. The van der Waals surface area contributed by atoms with Gasteiger partial charge in [-0.1, -0.05) is 17.7 Å². The van der Waals surface area contributed by atoms with E-state index in [9.17, 15) is 4.79 Å². The molecule has 0 saturated heterocycles. The molecule has 6 heteroatoms. The minimum atomic E-state index is -0.125. The van der Waals surface area contributed by atoms with Gasteiger partial charge >= 0.3 is 0 Å². The Balaban J connectivity index is 1.46. The van der Waals surface area contributed by atoms with Crippen molar-refractivity contribution in [1.29, 1.82) is 0 Å². The number of hydrogen-bond acceptors (Lipinski definition) is 5. The van der Waals surface area contributed by atoms with Crippen molar-refractivity contribution >= 4 is 17.2 Å². The summed E-state index contributed by atoms with van der Waals surface area (Å²) in [6, 6.07) is 11.5. The fourth-order valence-corrected chi connectivity index (χ4v) is 3.47. The minimum Gasteiger partial charge on any atom is -0.484 e. The van der Waals surface area contributed by atoms with Crippen LogP contribution >= 0.6 is 11.3 Å². The molecule has 0 atom stereocenters. The van der Waals surface area contributed by atoms with Crippen molar-refractivity contribution in [2.75, 3.05) is 13.2 Å². The van der Waals surface area contributed by atoms with Crippen LogP contribution in [-0.4, -0.2) is 29.0 Å². The lowest BCUT2D eigenvalue weighted by atomic mass is 10.2. The SMILES string of the molecule is Cc1ccc(OCC(=O)NCCc2sc(-c3cccnc3)nc2C)cc1. The van der Waals surface area contributed by atoms with E-state index in [0.717, 1.165) is 28.2 Å². The smallest absolute Gasteiger partial charge is 0.257 e. The predicted molar refractivity (Wildman–Crippen MR) is 103 cm³/mol. The standard InChI is InChI=1S/C20H21N3O2S/c1-14-5-7-17(8-6-14)25-13-19(24)22-11-9-18-15(2)23-20(26-18)16-4-3-10-21-12-16/h3-8,10,12H,9,11,13H2,1-2H3,(H,22,24). The van der Waals surface area contributed by atoms with Crippen molar-refractivity contribution in [2.45, 2.75) is 20.3 Å². The molecule has 0 aliphatic heterocycles. The van der Waals surface area contributed by atoms with Gasteiger partial charge in [-0.25, -0.2) is 4.98 Å². The van der Waals surface area contributed by atoms with Gasteiger partial charge in [0.25, 0.3) is 5.91 Å². The van der Waals surface area contributed by atoms with E-state index in [1.807, 2.05) is 56.4 Å². The van der Waals surface area contributed by atoms with E-state index in [4.69, 9.17) is 4.74 Å². The molecule has 1 amide bonds. The lowest BCUT2D eigenvalue weighted by Gasteiger charge is -2.07. The van der Waals surface area contributed by atoms with Gasteiger partial charge in [0.1, 0.15) is 10.8 Å². The molecule has 0 spiro atoms. The number of ether oxygens (including phenoxy) is 1. The molecule has 2 heterocycles. The number of aryl methyl sites for hydroxylation is 2. The molecule has 2 aromatic heterocycles. The summed E-state index contributed by atoms with van der Waals surface area (Å²) in [5.41, 5.74) is 3.17. The lowest BCUT2D eigenvalue weighted by Crippen LogP contribution is -2.30. The molecule has 0 aliphatic carbocycles. The zero-order valence-electron chi connectivity index (χ0n) is 14.9. The van der Waals surface area contributed by atoms with Crippen LogP contribution in [-0.2, 0) is 11.2 Å². The van der Waals surface area contributed by atoms with Gasteiger partial charge in [-0.05, 0) is 38.1 Å². The molecule has 0 aliphatic rings. The highest BCUT2D eigenvalue weighted by molar-refractivity contribution is 7.15. The number of thiazole rings is 1. The van der Waals surface area contributed by atoms with E-state index in [0.29, 0.717) is 12.3 Å². The zero-order chi connectivity index (χ0) is 18.4. The van der Waals surface area contributed by atoms with Crippen LogP contribution in [0.1, 0.15) is 16.1 Å². The lowest BCUT2D eigenvalue weighted by molar-refractivity contribution is -0.123. The van der Waals surface area contributed by atoms with Crippen molar-refractivity contribution in [3.05, 3.63) is 64.9 Å². The Morgan fingerprint density at radius 1 is 1.19 bits per heavy atom. The van der Waals surface area contributed by atoms with E-state index < -0.39 is 0 Å². The molecule has 1 N–H and O–H groups in total. The van der Waals surface area contributed by atoms with Crippen molar-refractivity contribution in [3.8, 4) is 16.3 Å². The largest absolute Gasteiger partial charge is 0.484 e. The zero-order valence-corrected chi connectivity index (χ0v) is 15.7. The molecule has 1 aromatic carbocycles. The summed E-state index contributed by atoms with van der Waals surface area (Å²) >= 11 is 1.64. The normalized spacial score (nSPS) is 10.5. The molecule has 3 rings (SSSR count). The Morgan fingerprint density at radius 2 is 2.00 bits per heavy atom. The molecular weight excluding hydrogens is 346 g/mol. The maximum Gasteiger partial charge on any atom is 0.257 e. The van der Waals surface area contributed by atoms with Gasteiger partial charge in [-0.15, -0.1) is 11.3 Å². The number of nitrogens with one attached hydrogen (secondary N) is 1. The monoisotopic (exact) mass is 367 g/mol. The van der Waals surface area contributed by atoms with E-state index in [1.54, 1.807) is 17.5 Å². The second kappa shape index (κ2) is 8.58. The summed E-state index contributed by atoms with van der Waals surface area (Å²) in [5, 5.41) is 3.85. The predicted octanol–water partition coefficient (Wildman–Crippen LogP) is 3.56. The first-order valence-corrected chi connectivity index (χ1v) is 9.26. The van der Waals surface area contributed by atoms with Gasteiger partial charge in [0.15, 0.2) is 6.61 Å². The van der Waals surface area contributed by atoms with Crippen LogP contribution in [0.25, 0.3) is 10.6 Å². The number of aromatic nitrogens is 2. The highest BCUT2D eigenvalue weighted by Gasteiger charge is 2.10. The quantitative estimate of drug-likeness (QED) is 0.693. The molecule has 3 aromatic rings. The fourth-order valence-electron chi connectivity index (χ4n) is 2.42. The Bertz CT molecular complexity index is 861. The third kappa shape index (κ3) is 4.89.